The topological polar surface area (TPSA) is 68.1 Å². The van der Waals surface area contributed by atoms with E-state index < -0.39 is 4.92 Å². The Balaban J connectivity index is 1.95. The van der Waals surface area contributed by atoms with Crippen molar-refractivity contribution in [3.05, 3.63) is 64.1 Å². The number of aromatic nitrogens is 1. The molecule has 1 heterocycles. The van der Waals surface area contributed by atoms with Crippen molar-refractivity contribution < 1.29 is 9.31 Å². The van der Waals surface area contributed by atoms with Gasteiger partial charge < -0.3 is 5.32 Å². The molecule has 6 heteroatoms. The van der Waals surface area contributed by atoms with E-state index in [-0.39, 0.29) is 17.5 Å². The summed E-state index contributed by atoms with van der Waals surface area (Å²) in [5.41, 5.74) is 0.968. The van der Waals surface area contributed by atoms with E-state index in [2.05, 4.69) is 10.3 Å². The molecule has 1 aromatic carbocycles. The minimum Gasteiger partial charge on any atom is -0.367 e. The summed E-state index contributed by atoms with van der Waals surface area (Å²) in [5, 5.41) is 13.7. The second-order valence-electron chi connectivity index (χ2n) is 4.53. The molecule has 1 atom stereocenters. The minimum atomic E-state index is -0.487. The lowest BCUT2D eigenvalue weighted by atomic mass is 10.1. The number of nitrogens with one attached hydrogen (secondary N) is 1. The number of rotatable bonds is 5. The van der Waals surface area contributed by atoms with Crippen molar-refractivity contribution in [2.45, 2.75) is 19.4 Å². The molecule has 1 unspecified atom stereocenters. The highest BCUT2D eigenvalue weighted by atomic mass is 19.1. The molecule has 5 nitrogen and oxygen atoms in total. The third-order valence-electron chi connectivity index (χ3n) is 2.81. The molecule has 1 N–H and O–H groups in total. The summed E-state index contributed by atoms with van der Waals surface area (Å²) in [4.78, 5) is 14.0. The standard InChI is InChI=1S/C14H14FN3O2/c1-10(8-11-2-4-12(15)5-3-11)17-14-7-6-13(9-16-14)18(19)20/h2-7,9-10H,8H2,1H3,(H,16,17). The quantitative estimate of drug-likeness (QED) is 0.672. The zero-order valence-corrected chi connectivity index (χ0v) is 10.9. The Morgan fingerprint density at radius 2 is 2.00 bits per heavy atom. The van der Waals surface area contributed by atoms with E-state index in [1.54, 1.807) is 18.2 Å². The summed E-state index contributed by atoms with van der Waals surface area (Å²) >= 11 is 0. The van der Waals surface area contributed by atoms with Crippen LogP contribution in [0.2, 0.25) is 0 Å². The molecule has 0 amide bonds. The maximum atomic E-state index is 12.8. The number of hydrogen-bond donors (Lipinski definition) is 1. The van der Waals surface area contributed by atoms with Crippen LogP contribution < -0.4 is 5.32 Å². The fourth-order valence-electron chi connectivity index (χ4n) is 1.86. The van der Waals surface area contributed by atoms with Crippen LogP contribution in [-0.4, -0.2) is 15.9 Å². The molecule has 2 rings (SSSR count). The molecule has 0 bridgehead atoms. The first-order valence-corrected chi connectivity index (χ1v) is 6.16. The summed E-state index contributed by atoms with van der Waals surface area (Å²) in [6, 6.07) is 9.36. The molecule has 20 heavy (non-hydrogen) atoms. The van der Waals surface area contributed by atoms with Gasteiger partial charge in [-0.25, -0.2) is 9.37 Å². The van der Waals surface area contributed by atoms with Crippen LogP contribution >= 0.6 is 0 Å². The maximum absolute atomic E-state index is 12.8. The molecule has 0 saturated heterocycles. The van der Waals surface area contributed by atoms with Gasteiger partial charge in [0.1, 0.15) is 17.8 Å². The van der Waals surface area contributed by atoms with Gasteiger partial charge in [-0.05, 0) is 37.1 Å². The average Bonchev–Trinajstić information content (AvgIpc) is 2.42. The molecule has 0 aliphatic heterocycles. The second-order valence-corrected chi connectivity index (χ2v) is 4.53. The number of nitrogens with zero attached hydrogens (tertiary/aromatic N) is 2. The van der Waals surface area contributed by atoms with Gasteiger partial charge in [0.15, 0.2) is 0 Å². The van der Waals surface area contributed by atoms with Gasteiger partial charge in [0.2, 0.25) is 0 Å². The number of anilines is 1. The lowest BCUT2D eigenvalue weighted by Gasteiger charge is -2.14. The highest BCUT2D eigenvalue weighted by molar-refractivity contribution is 5.41. The van der Waals surface area contributed by atoms with Crippen molar-refractivity contribution in [2.75, 3.05) is 5.32 Å². The first-order chi connectivity index (χ1) is 9.54. The van der Waals surface area contributed by atoms with Gasteiger partial charge in [-0.3, -0.25) is 10.1 Å². The van der Waals surface area contributed by atoms with Gasteiger partial charge in [-0.2, -0.15) is 0 Å². The number of benzene rings is 1. The van der Waals surface area contributed by atoms with E-state index in [0.29, 0.717) is 12.2 Å². The van der Waals surface area contributed by atoms with Crippen LogP contribution in [0.1, 0.15) is 12.5 Å². The predicted molar refractivity (Wildman–Crippen MR) is 74.1 cm³/mol. The zero-order valence-electron chi connectivity index (χ0n) is 10.9. The molecular weight excluding hydrogens is 261 g/mol. The molecule has 0 fully saturated rings. The zero-order chi connectivity index (χ0) is 14.5. The Hall–Kier alpha value is -2.50. The monoisotopic (exact) mass is 275 g/mol. The number of nitro groups is 1. The van der Waals surface area contributed by atoms with E-state index in [9.17, 15) is 14.5 Å². The number of hydrogen-bond acceptors (Lipinski definition) is 4. The Bertz CT molecular complexity index is 584. The van der Waals surface area contributed by atoms with Crippen LogP contribution in [0.15, 0.2) is 42.6 Å². The normalized spacial score (nSPS) is 11.9. The molecule has 0 aliphatic carbocycles. The van der Waals surface area contributed by atoms with E-state index in [0.717, 1.165) is 5.56 Å². The van der Waals surface area contributed by atoms with Crippen molar-refractivity contribution in [1.29, 1.82) is 0 Å². The van der Waals surface area contributed by atoms with Crippen molar-refractivity contribution in [3.8, 4) is 0 Å². The Morgan fingerprint density at radius 3 is 2.55 bits per heavy atom. The van der Waals surface area contributed by atoms with Crippen molar-refractivity contribution in [3.63, 3.8) is 0 Å². The lowest BCUT2D eigenvalue weighted by Crippen LogP contribution is -2.18. The van der Waals surface area contributed by atoms with Crippen LogP contribution in [-0.2, 0) is 6.42 Å². The second kappa shape index (κ2) is 6.10. The van der Waals surface area contributed by atoms with Crippen LogP contribution in [0.25, 0.3) is 0 Å². The molecule has 1 aromatic heterocycles. The van der Waals surface area contributed by atoms with E-state index >= 15 is 0 Å². The van der Waals surface area contributed by atoms with Gasteiger partial charge in [0, 0.05) is 12.1 Å². The van der Waals surface area contributed by atoms with Crippen LogP contribution in [0, 0.1) is 15.9 Å². The van der Waals surface area contributed by atoms with Crippen molar-refractivity contribution in [1.82, 2.24) is 4.98 Å². The Kier molecular flexibility index (Phi) is 4.24. The smallest absolute Gasteiger partial charge is 0.287 e. The Morgan fingerprint density at radius 1 is 1.30 bits per heavy atom. The van der Waals surface area contributed by atoms with E-state index in [1.807, 2.05) is 6.92 Å². The average molecular weight is 275 g/mol. The third-order valence-corrected chi connectivity index (χ3v) is 2.81. The summed E-state index contributed by atoms with van der Waals surface area (Å²) < 4.78 is 12.8. The van der Waals surface area contributed by atoms with Gasteiger partial charge in [-0.15, -0.1) is 0 Å². The largest absolute Gasteiger partial charge is 0.367 e. The SMILES string of the molecule is CC(Cc1ccc(F)cc1)Nc1ccc([N+](=O)[O-])cn1. The van der Waals surface area contributed by atoms with Gasteiger partial charge in [0.25, 0.3) is 5.69 Å². The fraction of sp³-hybridized carbons (Fsp3) is 0.214. The summed E-state index contributed by atoms with van der Waals surface area (Å²) in [5.74, 6) is 0.316. The molecule has 0 saturated carbocycles. The highest BCUT2D eigenvalue weighted by Crippen LogP contribution is 2.14. The van der Waals surface area contributed by atoms with E-state index in [4.69, 9.17) is 0 Å². The summed E-state index contributed by atoms with van der Waals surface area (Å²) in [7, 11) is 0. The lowest BCUT2D eigenvalue weighted by molar-refractivity contribution is -0.385. The third kappa shape index (κ3) is 3.74. The predicted octanol–water partition coefficient (Wildman–Crippen LogP) is 3.17. The fourth-order valence-corrected chi connectivity index (χ4v) is 1.86. The minimum absolute atomic E-state index is 0.0401. The molecule has 0 radical (unpaired) electrons. The number of halogens is 1. The molecule has 0 spiro atoms. The molecule has 0 aliphatic rings. The van der Waals surface area contributed by atoms with E-state index in [1.165, 1.54) is 24.4 Å². The van der Waals surface area contributed by atoms with Crippen LogP contribution in [0.4, 0.5) is 15.9 Å². The van der Waals surface area contributed by atoms with Gasteiger partial charge in [-0.1, -0.05) is 12.1 Å². The van der Waals surface area contributed by atoms with Gasteiger partial charge in [0.05, 0.1) is 4.92 Å². The summed E-state index contributed by atoms with van der Waals surface area (Å²) in [6.45, 7) is 1.96. The first kappa shape index (κ1) is 13.9. The Labute approximate surface area is 115 Å². The molecule has 104 valence electrons. The molecular formula is C14H14FN3O2. The summed E-state index contributed by atoms with van der Waals surface area (Å²) in [6.07, 6.45) is 1.92. The van der Waals surface area contributed by atoms with Crippen LogP contribution in [0.5, 0.6) is 0 Å². The number of pyridine rings is 1. The first-order valence-electron chi connectivity index (χ1n) is 6.16. The van der Waals surface area contributed by atoms with Gasteiger partial charge >= 0.3 is 0 Å². The maximum Gasteiger partial charge on any atom is 0.287 e. The highest BCUT2D eigenvalue weighted by Gasteiger charge is 2.08. The van der Waals surface area contributed by atoms with Crippen molar-refractivity contribution >= 4 is 11.5 Å². The van der Waals surface area contributed by atoms with Crippen molar-refractivity contribution in [2.24, 2.45) is 0 Å². The van der Waals surface area contributed by atoms with Crippen LogP contribution in [0.3, 0.4) is 0 Å². The molecule has 2 aromatic rings.